The number of thiophene rings is 1. The fourth-order valence-electron chi connectivity index (χ4n) is 4.93. The van der Waals surface area contributed by atoms with Gasteiger partial charge in [-0.25, -0.2) is 4.98 Å². The Bertz CT molecular complexity index is 1080. The number of quaternary nitrogens is 1. The number of aryl methyl sites for hydroxylation is 2. The standard InChI is InChI=1S/C24H30N4OS/c1-2-26-13-15-27(16-14-26)24-25-22-21(19-11-7-4-8-12-20(19)30-22)23(29)28(24)17-18-9-5-3-6-10-18/h3,5-6,9-10H,2,4,7-8,11-17H2,1H3/p+1. The van der Waals surface area contributed by atoms with E-state index in [1.54, 1.807) is 16.2 Å². The van der Waals surface area contributed by atoms with Crippen LogP contribution in [0.5, 0.6) is 0 Å². The molecule has 2 aromatic heterocycles. The molecule has 1 aromatic carbocycles. The Kier molecular flexibility index (Phi) is 5.61. The number of aromatic nitrogens is 2. The number of benzene rings is 1. The molecule has 1 N–H and O–H groups in total. The minimum Gasteiger partial charge on any atom is -0.332 e. The number of hydrogen-bond acceptors (Lipinski definition) is 4. The quantitative estimate of drug-likeness (QED) is 0.656. The maximum Gasteiger partial charge on any atom is 0.264 e. The first-order chi connectivity index (χ1) is 14.7. The second-order valence-electron chi connectivity index (χ2n) is 8.62. The lowest BCUT2D eigenvalue weighted by molar-refractivity contribution is -0.898. The first kappa shape index (κ1) is 19.8. The van der Waals surface area contributed by atoms with Gasteiger partial charge in [0.25, 0.3) is 5.56 Å². The zero-order chi connectivity index (χ0) is 20.5. The predicted octanol–water partition coefficient (Wildman–Crippen LogP) is 2.50. The van der Waals surface area contributed by atoms with E-state index in [0.717, 1.165) is 67.3 Å². The fourth-order valence-corrected chi connectivity index (χ4v) is 6.18. The van der Waals surface area contributed by atoms with Crippen LogP contribution in [0, 0.1) is 0 Å². The minimum atomic E-state index is 0.156. The SMILES string of the molecule is CC[NH+]1CCN(c2nc3sc4c(c3c(=O)n2Cc2ccccc2)CCCCC4)CC1. The Morgan fingerprint density at radius 2 is 1.83 bits per heavy atom. The number of piperazine rings is 1. The lowest BCUT2D eigenvalue weighted by Crippen LogP contribution is -3.14. The lowest BCUT2D eigenvalue weighted by Gasteiger charge is -2.33. The molecule has 0 amide bonds. The third-order valence-corrected chi connectivity index (χ3v) is 7.93. The van der Waals surface area contributed by atoms with Crippen LogP contribution in [0.1, 0.15) is 42.2 Å². The van der Waals surface area contributed by atoms with E-state index in [1.165, 1.54) is 29.7 Å². The number of fused-ring (bicyclic) bond motifs is 3. The molecule has 0 spiro atoms. The molecule has 0 radical (unpaired) electrons. The topological polar surface area (TPSA) is 42.6 Å². The van der Waals surface area contributed by atoms with Crippen LogP contribution in [0.25, 0.3) is 10.2 Å². The van der Waals surface area contributed by atoms with Gasteiger partial charge in [-0.15, -0.1) is 11.3 Å². The van der Waals surface area contributed by atoms with Gasteiger partial charge in [-0.3, -0.25) is 9.36 Å². The van der Waals surface area contributed by atoms with E-state index in [4.69, 9.17) is 4.98 Å². The average molecular weight is 424 g/mol. The Hall–Kier alpha value is -2.18. The van der Waals surface area contributed by atoms with Crippen molar-refractivity contribution in [2.45, 2.75) is 45.6 Å². The van der Waals surface area contributed by atoms with E-state index < -0.39 is 0 Å². The van der Waals surface area contributed by atoms with Gasteiger partial charge in [0.2, 0.25) is 5.95 Å². The van der Waals surface area contributed by atoms with Crippen molar-refractivity contribution < 1.29 is 4.90 Å². The number of hydrogen-bond donors (Lipinski definition) is 1. The second kappa shape index (κ2) is 8.52. The van der Waals surface area contributed by atoms with Crippen molar-refractivity contribution in [1.82, 2.24) is 9.55 Å². The predicted molar refractivity (Wildman–Crippen MR) is 124 cm³/mol. The maximum atomic E-state index is 13.9. The highest BCUT2D eigenvalue weighted by atomic mass is 32.1. The summed E-state index contributed by atoms with van der Waals surface area (Å²) in [5, 5.41) is 0.898. The van der Waals surface area contributed by atoms with E-state index in [9.17, 15) is 4.79 Å². The van der Waals surface area contributed by atoms with Crippen molar-refractivity contribution in [3.8, 4) is 0 Å². The summed E-state index contributed by atoms with van der Waals surface area (Å²) in [5.74, 6) is 0.864. The molecule has 3 heterocycles. The Morgan fingerprint density at radius 3 is 2.60 bits per heavy atom. The normalized spacial score (nSPS) is 17.8. The second-order valence-corrected chi connectivity index (χ2v) is 9.71. The number of nitrogens with zero attached hydrogens (tertiary/aromatic N) is 3. The van der Waals surface area contributed by atoms with Crippen molar-refractivity contribution in [2.75, 3.05) is 37.6 Å². The summed E-state index contributed by atoms with van der Waals surface area (Å²) in [4.78, 5) is 25.3. The Labute approximate surface area is 182 Å². The Balaban J connectivity index is 1.63. The summed E-state index contributed by atoms with van der Waals surface area (Å²) in [6.45, 7) is 8.13. The molecule has 0 bridgehead atoms. The van der Waals surface area contributed by atoms with Gasteiger partial charge < -0.3 is 9.80 Å². The fraction of sp³-hybridized carbons (Fsp3) is 0.500. The molecule has 0 unspecified atom stereocenters. The molecule has 30 heavy (non-hydrogen) atoms. The third-order valence-electron chi connectivity index (χ3n) is 6.74. The molecule has 6 heteroatoms. The lowest BCUT2D eigenvalue weighted by atomic mass is 10.1. The largest absolute Gasteiger partial charge is 0.332 e. The van der Waals surface area contributed by atoms with E-state index in [-0.39, 0.29) is 5.56 Å². The highest BCUT2D eigenvalue weighted by molar-refractivity contribution is 7.18. The maximum absolute atomic E-state index is 13.9. The number of likely N-dealkylation sites (N-methyl/N-ethyl adjacent to an activating group) is 1. The summed E-state index contributed by atoms with van der Waals surface area (Å²) >= 11 is 1.77. The molecule has 5 rings (SSSR count). The van der Waals surface area contributed by atoms with Crippen molar-refractivity contribution in [3.05, 3.63) is 56.7 Å². The zero-order valence-corrected chi connectivity index (χ0v) is 18.6. The van der Waals surface area contributed by atoms with Crippen molar-refractivity contribution in [2.24, 2.45) is 0 Å². The Morgan fingerprint density at radius 1 is 1.07 bits per heavy atom. The number of rotatable bonds is 4. The van der Waals surface area contributed by atoms with Gasteiger partial charge in [-0.2, -0.15) is 0 Å². The van der Waals surface area contributed by atoms with E-state index >= 15 is 0 Å². The molecule has 2 aliphatic rings. The smallest absolute Gasteiger partial charge is 0.264 e. The van der Waals surface area contributed by atoms with Gasteiger partial charge in [0, 0.05) is 4.88 Å². The zero-order valence-electron chi connectivity index (χ0n) is 17.8. The summed E-state index contributed by atoms with van der Waals surface area (Å²) in [5.41, 5.74) is 2.60. The van der Waals surface area contributed by atoms with Crippen LogP contribution in [-0.4, -0.2) is 42.3 Å². The van der Waals surface area contributed by atoms with Gasteiger partial charge in [-0.1, -0.05) is 36.8 Å². The van der Waals surface area contributed by atoms with Gasteiger partial charge in [-0.05, 0) is 43.7 Å². The molecule has 3 aromatic rings. The van der Waals surface area contributed by atoms with Gasteiger partial charge in [0.15, 0.2) is 0 Å². The first-order valence-electron chi connectivity index (χ1n) is 11.4. The molecule has 1 fully saturated rings. The van der Waals surface area contributed by atoms with Crippen LogP contribution < -0.4 is 15.4 Å². The van der Waals surface area contributed by atoms with Crippen molar-refractivity contribution in [1.29, 1.82) is 0 Å². The number of nitrogens with one attached hydrogen (secondary N) is 1. The first-order valence-corrected chi connectivity index (χ1v) is 12.2. The van der Waals surface area contributed by atoms with Crippen LogP contribution >= 0.6 is 11.3 Å². The summed E-state index contributed by atoms with van der Waals surface area (Å²) in [7, 11) is 0. The van der Waals surface area contributed by atoms with E-state index in [2.05, 4.69) is 24.0 Å². The van der Waals surface area contributed by atoms with Crippen LogP contribution in [0.2, 0.25) is 0 Å². The van der Waals surface area contributed by atoms with E-state index in [0.29, 0.717) is 6.54 Å². The monoisotopic (exact) mass is 423 g/mol. The summed E-state index contributed by atoms with van der Waals surface area (Å²) < 4.78 is 1.95. The molecule has 1 saturated heterocycles. The summed E-state index contributed by atoms with van der Waals surface area (Å²) in [6.07, 6.45) is 5.79. The van der Waals surface area contributed by atoms with Crippen molar-refractivity contribution in [3.63, 3.8) is 0 Å². The molecule has 1 aliphatic heterocycles. The minimum absolute atomic E-state index is 0.156. The molecule has 0 atom stereocenters. The molecule has 0 saturated carbocycles. The number of anilines is 1. The van der Waals surface area contributed by atoms with Gasteiger partial charge in [0.05, 0.1) is 44.7 Å². The highest BCUT2D eigenvalue weighted by Crippen LogP contribution is 2.34. The molecular weight excluding hydrogens is 392 g/mol. The third kappa shape index (κ3) is 3.67. The summed E-state index contributed by atoms with van der Waals surface area (Å²) in [6, 6.07) is 10.3. The molecule has 5 nitrogen and oxygen atoms in total. The highest BCUT2D eigenvalue weighted by Gasteiger charge is 2.26. The van der Waals surface area contributed by atoms with E-state index in [1.807, 2.05) is 22.8 Å². The van der Waals surface area contributed by atoms with Crippen LogP contribution in [0.15, 0.2) is 35.1 Å². The molecular formula is C24H31N4OS+. The van der Waals surface area contributed by atoms with Crippen LogP contribution in [0.3, 0.4) is 0 Å². The van der Waals surface area contributed by atoms with Crippen LogP contribution in [0.4, 0.5) is 5.95 Å². The molecule has 158 valence electrons. The average Bonchev–Trinajstić information content (AvgIpc) is 2.97. The molecule has 1 aliphatic carbocycles. The van der Waals surface area contributed by atoms with Gasteiger partial charge >= 0.3 is 0 Å². The van der Waals surface area contributed by atoms with Crippen LogP contribution in [-0.2, 0) is 19.4 Å². The van der Waals surface area contributed by atoms with Gasteiger partial charge in [0.1, 0.15) is 4.83 Å². The van der Waals surface area contributed by atoms with Crippen molar-refractivity contribution >= 4 is 27.5 Å².